The van der Waals surface area contributed by atoms with Gasteiger partial charge < -0.3 is 15.8 Å². The molecule has 3 N–H and O–H groups in total. The topological polar surface area (TPSA) is 64.3 Å². The van der Waals surface area contributed by atoms with Crippen molar-refractivity contribution in [1.82, 2.24) is 5.32 Å². The molecule has 4 heteroatoms. The van der Waals surface area contributed by atoms with Crippen molar-refractivity contribution in [3.8, 4) is 0 Å². The van der Waals surface area contributed by atoms with Crippen molar-refractivity contribution in [2.45, 2.75) is 45.1 Å². The maximum atomic E-state index is 12.5. The maximum absolute atomic E-state index is 12.5. The fraction of sp³-hybridized carbons (Fsp3) is 0.588. The molecule has 1 aromatic rings. The normalized spacial score (nSPS) is 22.2. The Kier molecular flexibility index (Phi) is 4.88. The highest BCUT2D eigenvalue weighted by Crippen LogP contribution is 2.26. The van der Waals surface area contributed by atoms with E-state index in [4.69, 9.17) is 10.5 Å². The number of nitrogens with one attached hydrogen (secondary N) is 1. The van der Waals surface area contributed by atoms with Crippen LogP contribution >= 0.6 is 0 Å². The Morgan fingerprint density at radius 3 is 2.67 bits per heavy atom. The molecular formula is C17H26N2O2. The fourth-order valence-corrected chi connectivity index (χ4v) is 2.85. The molecule has 1 aromatic carbocycles. The molecule has 0 spiro atoms. The molecule has 0 aromatic heterocycles. The van der Waals surface area contributed by atoms with Crippen molar-refractivity contribution in [2.75, 3.05) is 18.9 Å². The van der Waals surface area contributed by atoms with Crippen molar-refractivity contribution in [1.29, 1.82) is 0 Å². The van der Waals surface area contributed by atoms with Crippen molar-refractivity contribution in [3.63, 3.8) is 0 Å². The van der Waals surface area contributed by atoms with Gasteiger partial charge in [0.25, 0.3) is 0 Å². The van der Waals surface area contributed by atoms with Crippen LogP contribution in [-0.4, -0.2) is 25.2 Å². The van der Waals surface area contributed by atoms with Crippen LogP contribution in [0.1, 0.15) is 39.2 Å². The summed E-state index contributed by atoms with van der Waals surface area (Å²) in [6, 6.07) is 7.51. The maximum Gasteiger partial charge on any atom is 0.230 e. The molecule has 0 radical (unpaired) electrons. The average Bonchev–Trinajstić information content (AvgIpc) is 2.92. The first kappa shape index (κ1) is 15.8. The van der Waals surface area contributed by atoms with E-state index in [0.717, 1.165) is 25.0 Å². The largest absolute Gasteiger partial charge is 0.399 e. The van der Waals surface area contributed by atoms with Gasteiger partial charge in [-0.05, 0) is 44.4 Å². The lowest BCUT2D eigenvalue weighted by Crippen LogP contribution is -2.43. The molecule has 2 unspecified atom stereocenters. The first-order valence-corrected chi connectivity index (χ1v) is 7.71. The third-order valence-corrected chi connectivity index (χ3v) is 4.47. The number of hydrogen-bond acceptors (Lipinski definition) is 3. The number of anilines is 1. The minimum atomic E-state index is -0.561. The van der Waals surface area contributed by atoms with E-state index in [1.165, 1.54) is 0 Å². The second-order valence-corrected chi connectivity index (χ2v) is 6.32. The van der Waals surface area contributed by atoms with Crippen molar-refractivity contribution in [3.05, 3.63) is 29.8 Å². The van der Waals surface area contributed by atoms with E-state index < -0.39 is 5.41 Å². The van der Waals surface area contributed by atoms with E-state index in [9.17, 15) is 4.79 Å². The molecule has 2 rings (SSSR count). The van der Waals surface area contributed by atoms with Crippen LogP contribution in [0.25, 0.3) is 0 Å². The van der Waals surface area contributed by atoms with Crippen LogP contribution in [0.15, 0.2) is 24.3 Å². The number of carbonyl (C=O) groups is 1. The lowest BCUT2D eigenvalue weighted by Gasteiger charge is -2.26. The third kappa shape index (κ3) is 3.56. The second kappa shape index (κ2) is 6.48. The highest BCUT2D eigenvalue weighted by atomic mass is 16.5. The van der Waals surface area contributed by atoms with Gasteiger partial charge in [0, 0.05) is 24.8 Å². The zero-order valence-electron chi connectivity index (χ0n) is 13.2. The number of amides is 1. The molecule has 2 atom stereocenters. The number of benzene rings is 1. The predicted molar refractivity (Wildman–Crippen MR) is 85.0 cm³/mol. The zero-order chi connectivity index (χ0) is 15.5. The summed E-state index contributed by atoms with van der Waals surface area (Å²) in [6.45, 7) is 7.51. The third-order valence-electron chi connectivity index (χ3n) is 4.47. The summed E-state index contributed by atoms with van der Waals surface area (Å²) in [6.07, 6.45) is 2.31. The monoisotopic (exact) mass is 290 g/mol. The van der Waals surface area contributed by atoms with Gasteiger partial charge in [-0.15, -0.1) is 0 Å². The minimum absolute atomic E-state index is 0.0500. The van der Waals surface area contributed by atoms with Gasteiger partial charge in [0.15, 0.2) is 0 Å². The molecule has 116 valence electrons. The van der Waals surface area contributed by atoms with Gasteiger partial charge in [-0.1, -0.05) is 19.1 Å². The van der Waals surface area contributed by atoms with Gasteiger partial charge in [0.2, 0.25) is 5.91 Å². The van der Waals surface area contributed by atoms with Crippen LogP contribution in [0, 0.1) is 5.92 Å². The SMILES string of the molecule is CCC1OCCC1CNC(=O)C(C)(C)c1ccc(N)cc1. The van der Waals surface area contributed by atoms with Crippen LogP contribution < -0.4 is 11.1 Å². The Hall–Kier alpha value is -1.55. The van der Waals surface area contributed by atoms with E-state index in [1.807, 2.05) is 38.1 Å². The summed E-state index contributed by atoms with van der Waals surface area (Å²) in [4.78, 5) is 12.5. The number of nitrogens with two attached hydrogens (primary N) is 1. The Balaban J connectivity index is 1.97. The molecular weight excluding hydrogens is 264 g/mol. The second-order valence-electron chi connectivity index (χ2n) is 6.32. The van der Waals surface area contributed by atoms with Gasteiger partial charge in [-0.25, -0.2) is 0 Å². The van der Waals surface area contributed by atoms with E-state index in [-0.39, 0.29) is 12.0 Å². The number of ether oxygens (including phenoxy) is 1. The van der Waals surface area contributed by atoms with Gasteiger partial charge >= 0.3 is 0 Å². The Bertz CT molecular complexity index is 482. The number of hydrogen-bond donors (Lipinski definition) is 2. The number of nitrogen functional groups attached to an aromatic ring is 1. The molecule has 0 saturated carbocycles. The van der Waals surface area contributed by atoms with E-state index in [2.05, 4.69) is 12.2 Å². The Morgan fingerprint density at radius 1 is 1.38 bits per heavy atom. The van der Waals surface area contributed by atoms with E-state index in [0.29, 0.717) is 18.2 Å². The highest BCUT2D eigenvalue weighted by Gasteiger charge is 2.32. The lowest BCUT2D eigenvalue weighted by molar-refractivity contribution is -0.125. The zero-order valence-corrected chi connectivity index (χ0v) is 13.2. The lowest BCUT2D eigenvalue weighted by atomic mass is 9.83. The molecule has 1 amide bonds. The first-order valence-electron chi connectivity index (χ1n) is 7.71. The summed E-state index contributed by atoms with van der Waals surface area (Å²) in [5.41, 5.74) is 6.83. The molecule has 4 nitrogen and oxygen atoms in total. The fourth-order valence-electron chi connectivity index (χ4n) is 2.85. The number of rotatable bonds is 5. The van der Waals surface area contributed by atoms with Crippen LogP contribution in [-0.2, 0) is 14.9 Å². The van der Waals surface area contributed by atoms with Crippen LogP contribution in [0.5, 0.6) is 0 Å². The van der Waals surface area contributed by atoms with Gasteiger partial charge in [-0.3, -0.25) is 4.79 Å². The smallest absolute Gasteiger partial charge is 0.230 e. The average molecular weight is 290 g/mol. The summed E-state index contributed by atoms with van der Waals surface area (Å²) < 4.78 is 5.67. The Labute approximate surface area is 127 Å². The van der Waals surface area contributed by atoms with Crippen molar-refractivity contribution >= 4 is 11.6 Å². The molecule has 1 heterocycles. The summed E-state index contributed by atoms with van der Waals surface area (Å²) in [5, 5.41) is 3.09. The highest BCUT2D eigenvalue weighted by molar-refractivity contribution is 5.87. The van der Waals surface area contributed by atoms with Crippen LogP contribution in [0.3, 0.4) is 0 Å². The van der Waals surface area contributed by atoms with E-state index in [1.54, 1.807) is 0 Å². The molecule has 0 bridgehead atoms. The van der Waals surface area contributed by atoms with Gasteiger partial charge in [0.1, 0.15) is 0 Å². The predicted octanol–water partition coefficient (Wildman–Crippen LogP) is 2.48. The molecule has 0 aliphatic carbocycles. The van der Waals surface area contributed by atoms with Crippen molar-refractivity contribution in [2.24, 2.45) is 5.92 Å². The van der Waals surface area contributed by atoms with Gasteiger partial charge in [-0.2, -0.15) is 0 Å². The van der Waals surface area contributed by atoms with Crippen LogP contribution in [0.2, 0.25) is 0 Å². The summed E-state index contributed by atoms with van der Waals surface area (Å²) in [5.74, 6) is 0.482. The van der Waals surface area contributed by atoms with Gasteiger partial charge in [0.05, 0.1) is 11.5 Å². The van der Waals surface area contributed by atoms with E-state index >= 15 is 0 Å². The Morgan fingerprint density at radius 2 is 2.05 bits per heavy atom. The molecule has 21 heavy (non-hydrogen) atoms. The molecule has 1 aliphatic heterocycles. The van der Waals surface area contributed by atoms with Crippen molar-refractivity contribution < 1.29 is 9.53 Å². The summed E-state index contributed by atoms with van der Waals surface area (Å²) in [7, 11) is 0. The molecule has 1 aliphatic rings. The quantitative estimate of drug-likeness (QED) is 0.819. The summed E-state index contributed by atoms with van der Waals surface area (Å²) >= 11 is 0. The molecule has 1 saturated heterocycles. The standard InChI is InChI=1S/C17H26N2O2/c1-4-15-12(9-10-21-15)11-19-16(20)17(2,3)13-5-7-14(18)8-6-13/h5-8,12,15H,4,9-11,18H2,1-3H3,(H,19,20). The number of carbonyl (C=O) groups excluding carboxylic acids is 1. The minimum Gasteiger partial charge on any atom is -0.399 e. The first-order chi connectivity index (χ1) is 9.95. The van der Waals surface area contributed by atoms with Crippen LogP contribution in [0.4, 0.5) is 5.69 Å². The molecule has 1 fully saturated rings.